The predicted octanol–water partition coefficient (Wildman–Crippen LogP) is 3.07. The summed E-state index contributed by atoms with van der Waals surface area (Å²) in [5, 5.41) is 8.69. The van der Waals surface area contributed by atoms with Gasteiger partial charge in [-0.15, -0.1) is 0 Å². The molecule has 1 unspecified atom stereocenters. The van der Waals surface area contributed by atoms with Crippen molar-refractivity contribution in [2.24, 2.45) is 5.92 Å². The van der Waals surface area contributed by atoms with Crippen molar-refractivity contribution < 1.29 is 14.4 Å². The Morgan fingerprint density at radius 1 is 1.33 bits per heavy atom. The molecule has 3 nitrogen and oxygen atoms in total. The van der Waals surface area contributed by atoms with Gasteiger partial charge in [-0.1, -0.05) is 31.9 Å². The number of amides is 1. The van der Waals surface area contributed by atoms with E-state index in [4.69, 9.17) is 5.21 Å². The third-order valence-electron chi connectivity index (χ3n) is 3.08. The van der Waals surface area contributed by atoms with E-state index in [-0.39, 0.29) is 17.6 Å². The third kappa shape index (κ3) is 4.84. The minimum absolute atomic E-state index is 0.181. The van der Waals surface area contributed by atoms with Crippen molar-refractivity contribution in [2.45, 2.75) is 39.0 Å². The van der Waals surface area contributed by atoms with Gasteiger partial charge < -0.3 is 0 Å². The van der Waals surface area contributed by atoms with Crippen molar-refractivity contribution in [1.82, 2.24) is 5.48 Å². The molecule has 1 amide bonds. The molecule has 1 aromatic carbocycles. The molecule has 0 fully saturated rings. The first kappa shape index (κ1) is 14.6. The first-order valence-electron chi connectivity index (χ1n) is 6.35. The van der Waals surface area contributed by atoms with E-state index in [1.807, 2.05) is 0 Å². The molecule has 0 aromatic heterocycles. The van der Waals surface area contributed by atoms with Gasteiger partial charge in [-0.3, -0.25) is 10.0 Å². The smallest absolute Gasteiger partial charge is 0.246 e. The summed E-state index contributed by atoms with van der Waals surface area (Å²) in [7, 11) is 0. The minimum atomic E-state index is -0.328. The molecule has 1 aromatic rings. The van der Waals surface area contributed by atoms with E-state index >= 15 is 0 Å². The van der Waals surface area contributed by atoms with E-state index in [0.717, 1.165) is 24.8 Å². The lowest BCUT2D eigenvalue weighted by molar-refractivity contribution is -0.133. The number of unbranched alkanes of at least 4 members (excludes halogenated alkanes) is 1. The van der Waals surface area contributed by atoms with Gasteiger partial charge in [0.05, 0.1) is 0 Å². The quantitative estimate of drug-likeness (QED) is 0.579. The normalized spacial score (nSPS) is 12.2. The van der Waals surface area contributed by atoms with Crippen LogP contribution in [0.4, 0.5) is 4.39 Å². The second kappa shape index (κ2) is 7.82. The molecule has 0 bridgehead atoms. The van der Waals surface area contributed by atoms with Crippen LogP contribution in [0.2, 0.25) is 0 Å². The Morgan fingerprint density at radius 2 is 2.00 bits per heavy atom. The van der Waals surface area contributed by atoms with Crippen LogP contribution in [0.1, 0.15) is 38.2 Å². The second-order valence-corrected chi connectivity index (χ2v) is 4.48. The predicted molar refractivity (Wildman–Crippen MR) is 67.7 cm³/mol. The lowest BCUT2D eigenvalue weighted by atomic mass is 9.94. The van der Waals surface area contributed by atoms with Crippen molar-refractivity contribution in [3.63, 3.8) is 0 Å². The van der Waals surface area contributed by atoms with Gasteiger partial charge in [0.15, 0.2) is 0 Å². The first-order valence-corrected chi connectivity index (χ1v) is 6.35. The standard InChI is InChI=1S/C14H20FNO2/c1-2-3-4-12(14(17)16-18)8-5-11-6-9-13(15)10-7-11/h6-7,9-10,12,18H,2-5,8H2,1H3,(H,16,17). The Balaban J connectivity index is 2.50. The van der Waals surface area contributed by atoms with E-state index in [1.54, 1.807) is 17.6 Å². The van der Waals surface area contributed by atoms with Gasteiger partial charge in [-0.05, 0) is 37.0 Å². The first-order chi connectivity index (χ1) is 8.67. The van der Waals surface area contributed by atoms with Crippen LogP contribution in [-0.2, 0) is 11.2 Å². The van der Waals surface area contributed by atoms with Crippen LogP contribution in [0, 0.1) is 11.7 Å². The number of nitrogens with one attached hydrogen (secondary N) is 1. The number of aryl methyl sites for hydroxylation is 1. The molecule has 4 heteroatoms. The maximum absolute atomic E-state index is 12.7. The summed E-state index contributed by atoms with van der Waals surface area (Å²) in [4.78, 5) is 11.5. The van der Waals surface area contributed by atoms with Crippen molar-refractivity contribution in [2.75, 3.05) is 0 Å². The largest absolute Gasteiger partial charge is 0.289 e. The summed E-state index contributed by atoms with van der Waals surface area (Å²) in [6.07, 6.45) is 4.12. The summed E-state index contributed by atoms with van der Waals surface area (Å²) >= 11 is 0. The number of hydrogen-bond acceptors (Lipinski definition) is 2. The van der Waals surface area contributed by atoms with Crippen molar-refractivity contribution in [3.05, 3.63) is 35.6 Å². The molecule has 0 spiro atoms. The van der Waals surface area contributed by atoms with E-state index in [1.165, 1.54) is 12.1 Å². The average Bonchev–Trinajstić information content (AvgIpc) is 2.40. The highest BCUT2D eigenvalue weighted by Crippen LogP contribution is 2.16. The maximum Gasteiger partial charge on any atom is 0.246 e. The molecular formula is C14H20FNO2. The molecule has 1 rings (SSSR count). The summed E-state index contributed by atoms with van der Waals surface area (Å²) in [6, 6.07) is 6.29. The SMILES string of the molecule is CCCCC(CCc1ccc(F)cc1)C(=O)NO. The molecule has 0 aliphatic rings. The van der Waals surface area contributed by atoms with Crippen LogP contribution in [0.15, 0.2) is 24.3 Å². The Kier molecular flexibility index (Phi) is 6.36. The minimum Gasteiger partial charge on any atom is -0.289 e. The summed E-state index contributed by atoms with van der Waals surface area (Å²) in [5.41, 5.74) is 2.72. The van der Waals surface area contributed by atoms with Gasteiger partial charge in [0, 0.05) is 5.92 Å². The Hall–Kier alpha value is -1.42. The van der Waals surface area contributed by atoms with E-state index in [2.05, 4.69) is 6.92 Å². The van der Waals surface area contributed by atoms with E-state index in [0.29, 0.717) is 12.8 Å². The molecule has 0 radical (unpaired) electrons. The fraction of sp³-hybridized carbons (Fsp3) is 0.500. The molecule has 0 saturated carbocycles. The molecule has 0 saturated heterocycles. The zero-order valence-electron chi connectivity index (χ0n) is 10.7. The lowest BCUT2D eigenvalue weighted by Gasteiger charge is -2.14. The Labute approximate surface area is 107 Å². The van der Waals surface area contributed by atoms with Gasteiger partial charge in [0.1, 0.15) is 5.82 Å². The zero-order valence-corrected chi connectivity index (χ0v) is 10.7. The second-order valence-electron chi connectivity index (χ2n) is 4.48. The van der Waals surface area contributed by atoms with Crippen molar-refractivity contribution >= 4 is 5.91 Å². The maximum atomic E-state index is 12.7. The monoisotopic (exact) mass is 253 g/mol. The molecule has 1 atom stereocenters. The summed E-state index contributed by atoms with van der Waals surface area (Å²) in [5.74, 6) is -0.764. The molecule has 0 aliphatic carbocycles. The Bertz CT molecular complexity index is 365. The lowest BCUT2D eigenvalue weighted by Crippen LogP contribution is -2.28. The summed E-state index contributed by atoms with van der Waals surface area (Å²) < 4.78 is 12.7. The third-order valence-corrected chi connectivity index (χ3v) is 3.08. The van der Waals surface area contributed by atoms with Crippen LogP contribution >= 0.6 is 0 Å². The van der Waals surface area contributed by atoms with Crippen molar-refractivity contribution in [3.8, 4) is 0 Å². The topological polar surface area (TPSA) is 49.3 Å². The highest BCUT2D eigenvalue weighted by molar-refractivity contribution is 5.77. The molecule has 0 heterocycles. The van der Waals surface area contributed by atoms with Gasteiger partial charge in [-0.25, -0.2) is 9.87 Å². The van der Waals surface area contributed by atoms with Crippen LogP contribution in [0.25, 0.3) is 0 Å². The number of carbonyl (C=O) groups excluding carboxylic acids is 1. The number of hydroxylamine groups is 1. The average molecular weight is 253 g/mol. The van der Waals surface area contributed by atoms with E-state index in [9.17, 15) is 9.18 Å². The van der Waals surface area contributed by atoms with Gasteiger partial charge >= 0.3 is 0 Å². The number of halogens is 1. The van der Waals surface area contributed by atoms with Crippen LogP contribution < -0.4 is 5.48 Å². The molecule has 2 N–H and O–H groups in total. The van der Waals surface area contributed by atoms with Gasteiger partial charge in [-0.2, -0.15) is 0 Å². The van der Waals surface area contributed by atoms with Gasteiger partial charge in [0.2, 0.25) is 5.91 Å². The number of rotatable bonds is 7. The fourth-order valence-corrected chi connectivity index (χ4v) is 1.94. The van der Waals surface area contributed by atoms with E-state index < -0.39 is 0 Å². The van der Waals surface area contributed by atoms with Crippen molar-refractivity contribution in [1.29, 1.82) is 0 Å². The molecule has 18 heavy (non-hydrogen) atoms. The van der Waals surface area contributed by atoms with Gasteiger partial charge in [0.25, 0.3) is 0 Å². The number of carbonyl (C=O) groups is 1. The van der Waals surface area contributed by atoms with Crippen LogP contribution in [-0.4, -0.2) is 11.1 Å². The highest BCUT2D eigenvalue weighted by Gasteiger charge is 2.17. The molecule has 0 aliphatic heterocycles. The number of benzene rings is 1. The molecule has 100 valence electrons. The Morgan fingerprint density at radius 3 is 2.56 bits per heavy atom. The highest BCUT2D eigenvalue weighted by atomic mass is 19.1. The van der Waals surface area contributed by atoms with Crippen LogP contribution in [0.3, 0.4) is 0 Å². The fourth-order valence-electron chi connectivity index (χ4n) is 1.94. The summed E-state index contributed by atoms with van der Waals surface area (Å²) in [6.45, 7) is 2.06. The van der Waals surface area contributed by atoms with Crippen LogP contribution in [0.5, 0.6) is 0 Å². The number of hydrogen-bond donors (Lipinski definition) is 2. The molecular weight excluding hydrogens is 233 g/mol. The zero-order chi connectivity index (χ0) is 13.4.